The van der Waals surface area contributed by atoms with Crippen LogP contribution >= 0.6 is 0 Å². The third-order valence-electron chi connectivity index (χ3n) is 5.15. The van der Waals surface area contributed by atoms with E-state index in [1.807, 2.05) is 6.08 Å². The number of rotatable bonds is 7. The highest BCUT2D eigenvalue weighted by Gasteiger charge is 2.35. The Morgan fingerprint density at radius 1 is 1.46 bits per heavy atom. The van der Waals surface area contributed by atoms with Gasteiger partial charge in [0.15, 0.2) is 0 Å². The number of nitrogens with two attached hydrogens (primary N) is 1. The van der Waals surface area contributed by atoms with Crippen LogP contribution in [0.2, 0.25) is 0 Å². The molecule has 1 amide bonds. The second kappa shape index (κ2) is 9.89. The first kappa shape index (κ1) is 20.7. The van der Waals surface area contributed by atoms with Gasteiger partial charge in [-0.25, -0.2) is 9.59 Å². The Balaban J connectivity index is 1.86. The van der Waals surface area contributed by atoms with Gasteiger partial charge in [-0.05, 0) is 38.6 Å². The van der Waals surface area contributed by atoms with Crippen molar-refractivity contribution in [3.05, 3.63) is 11.6 Å². The summed E-state index contributed by atoms with van der Waals surface area (Å²) in [5.74, 6) is -0.686. The van der Waals surface area contributed by atoms with Gasteiger partial charge in [0.1, 0.15) is 0 Å². The third-order valence-corrected chi connectivity index (χ3v) is 5.15. The zero-order valence-electron chi connectivity index (χ0n) is 15.6. The second-order valence-corrected chi connectivity index (χ2v) is 6.99. The number of carboxylic acids is 1. The molecule has 2 rings (SSSR count). The molecule has 1 aliphatic carbocycles. The number of hydrogen-bond acceptors (Lipinski definition) is 6. The topological polar surface area (TPSA) is 114 Å². The van der Waals surface area contributed by atoms with E-state index in [0.717, 1.165) is 25.9 Å². The molecule has 8 nitrogen and oxygen atoms in total. The largest absolute Gasteiger partial charge is 0.478 e. The molecule has 0 aromatic rings. The fourth-order valence-electron chi connectivity index (χ4n) is 3.65. The van der Waals surface area contributed by atoms with Crippen LogP contribution in [0.4, 0.5) is 4.79 Å². The Kier molecular flexibility index (Phi) is 7.86. The molecule has 4 atom stereocenters. The highest BCUT2D eigenvalue weighted by atomic mass is 16.5. The van der Waals surface area contributed by atoms with Crippen LogP contribution < -0.4 is 11.1 Å². The summed E-state index contributed by atoms with van der Waals surface area (Å²) in [6.07, 6.45) is 3.86. The third kappa shape index (κ3) is 5.69. The Hall–Kier alpha value is -1.64. The number of carbonyl (C=O) groups is 2. The van der Waals surface area contributed by atoms with Crippen LogP contribution in [0.15, 0.2) is 11.6 Å². The first-order valence-electron chi connectivity index (χ1n) is 9.38. The molecule has 0 saturated carbocycles. The molecule has 4 N–H and O–H groups in total. The highest BCUT2D eigenvalue weighted by Crippen LogP contribution is 2.29. The molecular formula is C18H31N3O5. The molecule has 0 bridgehead atoms. The van der Waals surface area contributed by atoms with Crippen molar-refractivity contribution < 1.29 is 24.2 Å². The maximum Gasteiger partial charge on any atom is 0.407 e. The number of amides is 1. The first-order valence-corrected chi connectivity index (χ1v) is 9.38. The standard InChI is InChI=1S/C18H31N3O5/c1-3-25-18(24)20-6-8-26-14-5-4-7-21(11-14)16-10-13(17(22)23)9-15(19)12(16)2/h10,12,14-16H,3-9,11,19H2,1-2H3,(H,20,24)(H,22,23)/t12-,14+,15+,16-/m1/s1. The summed E-state index contributed by atoms with van der Waals surface area (Å²) < 4.78 is 10.7. The maximum absolute atomic E-state index is 11.4. The van der Waals surface area contributed by atoms with E-state index in [9.17, 15) is 14.7 Å². The van der Waals surface area contributed by atoms with Gasteiger partial charge in [0.2, 0.25) is 0 Å². The van der Waals surface area contributed by atoms with Crippen molar-refractivity contribution in [1.29, 1.82) is 0 Å². The summed E-state index contributed by atoms with van der Waals surface area (Å²) in [5, 5.41) is 12.0. The predicted octanol–water partition coefficient (Wildman–Crippen LogP) is 0.960. The number of carbonyl (C=O) groups excluding carboxylic acids is 1. The molecule has 1 heterocycles. The molecule has 148 valence electrons. The number of piperidine rings is 1. The Morgan fingerprint density at radius 3 is 2.92 bits per heavy atom. The lowest BCUT2D eigenvalue weighted by Gasteiger charge is -2.43. The normalized spacial score (nSPS) is 29.7. The Labute approximate surface area is 154 Å². The summed E-state index contributed by atoms with van der Waals surface area (Å²) in [5.41, 5.74) is 6.58. The average molecular weight is 369 g/mol. The Bertz CT molecular complexity index is 525. The number of nitrogens with one attached hydrogen (secondary N) is 1. The molecule has 1 fully saturated rings. The zero-order valence-corrected chi connectivity index (χ0v) is 15.6. The molecule has 0 unspecified atom stereocenters. The lowest BCUT2D eigenvalue weighted by molar-refractivity contribution is -0.133. The first-order chi connectivity index (χ1) is 12.4. The fourth-order valence-corrected chi connectivity index (χ4v) is 3.65. The molecule has 0 aromatic heterocycles. The molecular weight excluding hydrogens is 338 g/mol. The van der Waals surface area contributed by atoms with Crippen LogP contribution in [0.3, 0.4) is 0 Å². The SMILES string of the molecule is CCOC(=O)NCCO[C@H]1CCCN([C@@H]2C=C(C(=O)O)C[C@H](N)[C@H]2C)C1. The number of nitrogens with zero attached hydrogens (tertiary/aromatic N) is 1. The quantitative estimate of drug-likeness (QED) is 0.573. The van der Waals surface area contributed by atoms with Crippen LogP contribution in [-0.4, -0.2) is 73.1 Å². The molecule has 0 radical (unpaired) electrons. The van der Waals surface area contributed by atoms with E-state index in [4.69, 9.17) is 15.2 Å². The van der Waals surface area contributed by atoms with E-state index in [2.05, 4.69) is 17.1 Å². The summed E-state index contributed by atoms with van der Waals surface area (Å²) in [4.78, 5) is 24.9. The van der Waals surface area contributed by atoms with Crippen molar-refractivity contribution in [3.63, 3.8) is 0 Å². The van der Waals surface area contributed by atoms with Crippen molar-refractivity contribution in [3.8, 4) is 0 Å². The van der Waals surface area contributed by atoms with Crippen LogP contribution in [0, 0.1) is 5.92 Å². The lowest BCUT2D eigenvalue weighted by Crippen LogP contribution is -2.53. The second-order valence-electron chi connectivity index (χ2n) is 6.99. The molecule has 1 saturated heterocycles. The minimum absolute atomic E-state index is 0.0221. The monoisotopic (exact) mass is 369 g/mol. The van der Waals surface area contributed by atoms with Gasteiger partial charge in [-0.2, -0.15) is 0 Å². The van der Waals surface area contributed by atoms with Crippen molar-refractivity contribution in [2.24, 2.45) is 11.7 Å². The Morgan fingerprint density at radius 2 is 2.23 bits per heavy atom. The summed E-state index contributed by atoms with van der Waals surface area (Å²) in [6, 6.07) is -0.125. The summed E-state index contributed by atoms with van der Waals surface area (Å²) in [7, 11) is 0. The van der Waals surface area contributed by atoms with Crippen molar-refractivity contribution in [2.45, 2.75) is 51.3 Å². The lowest BCUT2D eigenvalue weighted by atomic mass is 9.81. The van der Waals surface area contributed by atoms with Gasteiger partial charge in [-0.3, -0.25) is 4.90 Å². The van der Waals surface area contributed by atoms with Gasteiger partial charge in [0.25, 0.3) is 0 Å². The number of alkyl carbamates (subject to hydrolysis) is 1. The van der Waals surface area contributed by atoms with E-state index < -0.39 is 12.1 Å². The zero-order chi connectivity index (χ0) is 19.1. The van der Waals surface area contributed by atoms with Crippen molar-refractivity contribution in [1.82, 2.24) is 10.2 Å². The van der Waals surface area contributed by atoms with Crippen molar-refractivity contribution in [2.75, 3.05) is 32.8 Å². The van der Waals surface area contributed by atoms with Gasteiger partial charge in [-0.15, -0.1) is 0 Å². The molecule has 0 spiro atoms. The van der Waals surface area contributed by atoms with Gasteiger partial charge in [-0.1, -0.05) is 13.0 Å². The molecule has 2 aliphatic rings. The molecule has 8 heteroatoms. The summed E-state index contributed by atoms with van der Waals surface area (Å²) in [6.45, 7) is 6.66. The minimum atomic E-state index is -0.882. The smallest absolute Gasteiger partial charge is 0.407 e. The fraction of sp³-hybridized carbons (Fsp3) is 0.778. The summed E-state index contributed by atoms with van der Waals surface area (Å²) >= 11 is 0. The minimum Gasteiger partial charge on any atom is -0.478 e. The van der Waals surface area contributed by atoms with Gasteiger partial charge in [0, 0.05) is 30.7 Å². The van der Waals surface area contributed by atoms with Crippen molar-refractivity contribution >= 4 is 12.1 Å². The van der Waals surface area contributed by atoms with E-state index in [0.29, 0.717) is 31.8 Å². The van der Waals surface area contributed by atoms with Gasteiger partial charge < -0.3 is 25.6 Å². The van der Waals surface area contributed by atoms with E-state index in [-0.39, 0.29) is 24.1 Å². The predicted molar refractivity (Wildman–Crippen MR) is 96.8 cm³/mol. The van der Waals surface area contributed by atoms with Crippen LogP contribution in [-0.2, 0) is 14.3 Å². The van der Waals surface area contributed by atoms with Gasteiger partial charge in [0.05, 0.1) is 19.3 Å². The maximum atomic E-state index is 11.4. The molecule has 0 aromatic carbocycles. The van der Waals surface area contributed by atoms with E-state index in [1.165, 1.54) is 0 Å². The number of likely N-dealkylation sites (tertiary alicyclic amines) is 1. The van der Waals surface area contributed by atoms with E-state index >= 15 is 0 Å². The highest BCUT2D eigenvalue weighted by molar-refractivity contribution is 5.87. The van der Waals surface area contributed by atoms with Crippen LogP contribution in [0.5, 0.6) is 0 Å². The number of ether oxygens (including phenoxy) is 2. The number of hydrogen-bond donors (Lipinski definition) is 3. The average Bonchev–Trinajstić information content (AvgIpc) is 2.61. The van der Waals surface area contributed by atoms with Crippen LogP contribution in [0.1, 0.15) is 33.1 Å². The van der Waals surface area contributed by atoms with Crippen LogP contribution in [0.25, 0.3) is 0 Å². The number of aliphatic carboxylic acids is 1. The molecule has 1 aliphatic heterocycles. The molecule has 26 heavy (non-hydrogen) atoms. The number of carboxylic acid groups (broad SMARTS) is 1. The van der Waals surface area contributed by atoms with E-state index in [1.54, 1.807) is 6.92 Å². The van der Waals surface area contributed by atoms with Gasteiger partial charge >= 0.3 is 12.1 Å².